The lowest BCUT2D eigenvalue weighted by Crippen LogP contribution is -2.33. The molecule has 1 N–H and O–H groups in total. The third-order valence-corrected chi connectivity index (χ3v) is 3.79. The monoisotopic (exact) mass is 212 g/mol. The van der Waals surface area contributed by atoms with Crippen molar-refractivity contribution in [2.45, 2.75) is 72.8 Å². The fraction of sp³-hybridized carbons (Fsp3) is 1.00. The zero-order chi connectivity index (χ0) is 11.7. The largest absolute Gasteiger partial charge is 0.393 e. The van der Waals surface area contributed by atoms with Gasteiger partial charge in [0.25, 0.3) is 0 Å². The summed E-state index contributed by atoms with van der Waals surface area (Å²) < 4.78 is 0. The van der Waals surface area contributed by atoms with E-state index in [1.54, 1.807) is 0 Å². The van der Waals surface area contributed by atoms with E-state index in [4.69, 9.17) is 0 Å². The molecule has 0 amide bonds. The molecule has 1 aliphatic carbocycles. The van der Waals surface area contributed by atoms with E-state index in [1.165, 1.54) is 19.3 Å². The van der Waals surface area contributed by atoms with E-state index in [2.05, 4.69) is 34.6 Å². The van der Waals surface area contributed by atoms with Crippen molar-refractivity contribution in [3.8, 4) is 0 Å². The molecule has 1 saturated carbocycles. The van der Waals surface area contributed by atoms with Crippen LogP contribution in [-0.2, 0) is 0 Å². The summed E-state index contributed by atoms with van der Waals surface area (Å²) in [5.74, 6) is 0.806. The molecule has 0 bridgehead atoms. The van der Waals surface area contributed by atoms with Crippen molar-refractivity contribution in [2.24, 2.45) is 16.7 Å². The van der Waals surface area contributed by atoms with Crippen LogP contribution in [0.1, 0.15) is 66.7 Å². The molecule has 15 heavy (non-hydrogen) atoms. The summed E-state index contributed by atoms with van der Waals surface area (Å²) in [5.41, 5.74) is 0.845. The maximum atomic E-state index is 9.53. The lowest BCUT2D eigenvalue weighted by atomic mass is 9.64. The number of hydrogen-bond donors (Lipinski definition) is 1. The third kappa shape index (κ3) is 4.14. The Morgan fingerprint density at radius 2 is 1.40 bits per heavy atom. The van der Waals surface area contributed by atoms with Crippen LogP contribution in [0.5, 0.6) is 0 Å². The van der Waals surface area contributed by atoms with Crippen LogP contribution in [-0.4, -0.2) is 11.2 Å². The van der Waals surface area contributed by atoms with Gasteiger partial charge in [-0.1, -0.05) is 34.6 Å². The van der Waals surface area contributed by atoms with Crippen LogP contribution in [0.3, 0.4) is 0 Å². The molecule has 0 heterocycles. The van der Waals surface area contributed by atoms with Crippen molar-refractivity contribution >= 4 is 0 Å². The van der Waals surface area contributed by atoms with Gasteiger partial charge in [-0.15, -0.1) is 0 Å². The highest BCUT2D eigenvalue weighted by Gasteiger charge is 2.35. The van der Waals surface area contributed by atoms with E-state index < -0.39 is 0 Å². The molecule has 0 aromatic carbocycles. The van der Waals surface area contributed by atoms with Crippen molar-refractivity contribution < 1.29 is 5.11 Å². The summed E-state index contributed by atoms with van der Waals surface area (Å²) in [7, 11) is 0. The summed E-state index contributed by atoms with van der Waals surface area (Å²) in [6.45, 7) is 11.8. The molecule has 0 aromatic heterocycles. The molecule has 0 aromatic rings. The molecule has 0 saturated heterocycles. The fourth-order valence-electron chi connectivity index (χ4n) is 3.37. The van der Waals surface area contributed by atoms with Crippen molar-refractivity contribution in [3.05, 3.63) is 0 Å². The Morgan fingerprint density at radius 1 is 0.933 bits per heavy atom. The van der Waals surface area contributed by atoms with Gasteiger partial charge in [0.2, 0.25) is 0 Å². The van der Waals surface area contributed by atoms with Crippen molar-refractivity contribution in [1.29, 1.82) is 0 Å². The molecule has 0 aliphatic heterocycles. The van der Waals surface area contributed by atoms with Crippen LogP contribution in [0.2, 0.25) is 0 Å². The molecule has 1 heteroatoms. The Balaban J connectivity index is 2.54. The SMILES string of the molecule is CC(C)(C)CC(C)(C)C1CCC(O)CC1. The Hall–Kier alpha value is -0.0400. The van der Waals surface area contributed by atoms with Gasteiger partial charge in [-0.25, -0.2) is 0 Å². The van der Waals surface area contributed by atoms with Gasteiger partial charge in [-0.3, -0.25) is 0 Å². The van der Waals surface area contributed by atoms with Gasteiger partial charge in [-0.05, 0) is 48.9 Å². The number of rotatable bonds is 2. The van der Waals surface area contributed by atoms with Gasteiger partial charge in [0, 0.05) is 0 Å². The van der Waals surface area contributed by atoms with Crippen LogP contribution in [0.25, 0.3) is 0 Å². The second-order valence-corrected chi connectivity index (χ2v) is 7.23. The van der Waals surface area contributed by atoms with Crippen LogP contribution in [0.4, 0.5) is 0 Å². The van der Waals surface area contributed by atoms with Gasteiger partial charge >= 0.3 is 0 Å². The Labute approximate surface area is 95.3 Å². The second-order valence-electron chi connectivity index (χ2n) is 7.23. The average Bonchev–Trinajstić information content (AvgIpc) is 2.00. The molecule has 1 fully saturated rings. The minimum atomic E-state index is -0.0216. The van der Waals surface area contributed by atoms with Crippen LogP contribution >= 0.6 is 0 Å². The maximum Gasteiger partial charge on any atom is 0.0540 e. The topological polar surface area (TPSA) is 20.2 Å². The summed E-state index contributed by atoms with van der Waals surface area (Å²) in [4.78, 5) is 0. The smallest absolute Gasteiger partial charge is 0.0540 e. The van der Waals surface area contributed by atoms with Gasteiger partial charge < -0.3 is 5.11 Å². The molecule has 0 spiro atoms. The van der Waals surface area contributed by atoms with E-state index in [0.29, 0.717) is 10.8 Å². The summed E-state index contributed by atoms with van der Waals surface area (Å²) in [5, 5.41) is 9.53. The third-order valence-electron chi connectivity index (χ3n) is 3.79. The fourth-order valence-corrected chi connectivity index (χ4v) is 3.37. The average molecular weight is 212 g/mol. The molecule has 90 valence electrons. The Bertz CT molecular complexity index is 192. The molecule has 1 nitrogen and oxygen atoms in total. The zero-order valence-electron chi connectivity index (χ0n) is 11.1. The van der Waals surface area contributed by atoms with Crippen LogP contribution < -0.4 is 0 Å². The van der Waals surface area contributed by atoms with E-state index in [1.807, 2.05) is 0 Å². The first-order valence-electron chi connectivity index (χ1n) is 6.39. The number of hydrogen-bond acceptors (Lipinski definition) is 1. The number of aliphatic hydroxyl groups is 1. The highest BCUT2D eigenvalue weighted by Crippen LogP contribution is 2.45. The second kappa shape index (κ2) is 4.45. The Morgan fingerprint density at radius 3 is 1.80 bits per heavy atom. The molecule has 0 radical (unpaired) electrons. The van der Waals surface area contributed by atoms with E-state index >= 15 is 0 Å². The highest BCUT2D eigenvalue weighted by molar-refractivity contribution is 4.86. The Kier molecular flexibility index (Phi) is 3.86. The molecule has 0 atom stereocenters. The highest BCUT2D eigenvalue weighted by atomic mass is 16.3. The minimum absolute atomic E-state index is 0.0216. The quantitative estimate of drug-likeness (QED) is 0.733. The normalized spacial score (nSPS) is 29.2. The molecular weight excluding hydrogens is 184 g/mol. The molecular formula is C14H28O. The first-order chi connectivity index (χ1) is 6.71. The van der Waals surface area contributed by atoms with E-state index in [0.717, 1.165) is 18.8 Å². The van der Waals surface area contributed by atoms with Gasteiger partial charge in [-0.2, -0.15) is 0 Å². The summed E-state index contributed by atoms with van der Waals surface area (Å²) in [6, 6.07) is 0. The van der Waals surface area contributed by atoms with Crippen LogP contribution in [0, 0.1) is 16.7 Å². The van der Waals surface area contributed by atoms with Gasteiger partial charge in [0.05, 0.1) is 6.10 Å². The molecule has 1 aliphatic rings. The zero-order valence-corrected chi connectivity index (χ0v) is 11.1. The van der Waals surface area contributed by atoms with Gasteiger partial charge in [0.15, 0.2) is 0 Å². The van der Waals surface area contributed by atoms with Crippen LogP contribution in [0.15, 0.2) is 0 Å². The first kappa shape index (κ1) is 13.0. The van der Waals surface area contributed by atoms with Gasteiger partial charge in [0.1, 0.15) is 0 Å². The first-order valence-corrected chi connectivity index (χ1v) is 6.39. The summed E-state index contributed by atoms with van der Waals surface area (Å²) in [6.07, 6.45) is 5.71. The van der Waals surface area contributed by atoms with E-state index in [9.17, 15) is 5.11 Å². The predicted octanol–water partition coefficient (Wildman–Crippen LogP) is 4.00. The lowest BCUT2D eigenvalue weighted by molar-refractivity contribution is 0.0454. The molecule has 1 rings (SSSR count). The molecule has 0 unspecified atom stereocenters. The maximum absolute atomic E-state index is 9.53. The van der Waals surface area contributed by atoms with Crippen molar-refractivity contribution in [1.82, 2.24) is 0 Å². The van der Waals surface area contributed by atoms with E-state index in [-0.39, 0.29) is 6.10 Å². The summed E-state index contributed by atoms with van der Waals surface area (Å²) >= 11 is 0. The van der Waals surface area contributed by atoms with Crippen molar-refractivity contribution in [2.75, 3.05) is 0 Å². The minimum Gasteiger partial charge on any atom is -0.393 e. The predicted molar refractivity (Wildman–Crippen MR) is 65.8 cm³/mol. The van der Waals surface area contributed by atoms with Crippen molar-refractivity contribution in [3.63, 3.8) is 0 Å². The standard InChI is InChI=1S/C14H28O/c1-13(2,3)10-14(4,5)11-6-8-12(15)9-7-11/h11-12,15H,6-10H2,1-5H3. The lowest BCUT2D eigenvalue weighted by Gasteiger charge is -2.42. The number of aliphatic hydroxyl groups excluding tert-OH is 1.